The summed E-state index contributed by atoms with van der Waals surface area (Å²) in [6.45, 7) is 0. The Kier molecular flexibility index (Phi) is 4.33. The Bertz CT molecular complexity index is 824. The molecular weight excluding hydrogens is 312 g/mol. The molecule has 0 aliphatic carbocycles. The molecule has 22 heavy (non-hydrogen) atoms. The van der Waals surface area contributed by atoms with Crippen molar-refractivity contribution in [1.82, 2.24) is 4.98 Å². The molecule has 0 N–H and O–H groups in total. The van der Waals surface area contributed by atoms with Crippen LogP contribution in [0, 0.1) is 11.3 Å². The fraction of sp³-hybridized carbons (Fsp3) is 0.0588. The summed E-state index contributed by atoms with van der Waals surface area (Å²) in [6.07, 6.45) is 1.88. The van der Waals surface area contributed by atoms with Crippen LogP contribution in [0.1, 0.15) is 9.88 Å². The number of ether oxygens (including phenoxy) is 1. The Morgan fingerprint density at radius 2 is 2.05 bits per heavy atom. The molecule has 3 aromatic rings. The molecule has 1 aromatic carbocycles. The van der Waals surface area contributed by atoms with Crippen molar-refractivity contribution in [2.45, 2.75) is 0 Å². The SMILES string of the molecule is COc1ccc(-c2csc(/C(C#N)=C\c3cccs3)n2)cc1. The van der Waals surface area contributed by atoms with E-state index in [9.17, 15) is 5.26 Å². The maximum absolute atomic E-state index is 9.36. The van der Waals surface area contributed by atoms with Crippen molar-refractivity contribution in [2.75, 3.05) is 7.11 Å². The maximum Gasteiger partial charge on any atom is 0.134 e. The molecule has 0 aliphatic heterocycles. The molecule has 2 aromatic heterocycles. The Hall–Kier alpha value is -2.42. The lowest BCUT2D eigenvalue weighted by Crippen LogP contribution is -1.84. The molecule has 3 rings (SSSR count). The van der Waals surface area contributed by atoms with Crippen LogP contribution in [-0.2, 0) is 0 Å². The Balaban J connectivity index is 1.90. The molecule has 0 saturated heterocycles. The predicted octanol–water partition coefficient (Wildman–Crippen LogP) is 4.94. The topological polar surface area (TPSA) is 45.9 Å². The molecule has 0 aliphatic rings. The summed E-state index contributed by atoms with van der Waals surface area (Å²) in [5, 5.41) is 14.1. The zero-order chi connectivity index (χ0) is 15.4. The van der Waals surface area contributed by atoms with Gasteiger partial charge in [-0.25, -0.2) is 4.98 Å². The van der Waals surface area contributed by atoms with Crippen LogP contribution in [0.15, 0.2) is 47.2 Å². The monoisotopic (exact) mass is 324 g/mol. The van der Waals surface area contributed by atoms with Crippen molar-refractivity contribution in [3.8, 4) is 23.1 Å². The first kappa shape index (κ1) is 14.5. The summed E-state index contributed by atoms with van der Waals surface area (Å²) >= 11 is 3.08. The van der Waals surface area contributed by atoms with Gasteiger partial charge < -0.3 is 4.74 Å². The van der Waals surface area contributed by atoms with E-state index in [-0.39, 0.29) is 0 Å². The number of hydrogen-bond donors (Lipinski definition) is 0. The average Bonchev–Trinajstić information content (AvgIpc) is 3.24. The minimum atomic E-state index is 0.590. The summed E-state index contributed by atoms with van der Waals surface area (Å²) in [5.74, 6) is 0.814. The standard InChI is InChI=1S/C17H12N2OS2/c1-20-14-6-4-12(5-7-14)16-11-22-17(19-16)13(10-18)9-15-3-2-8-21-15/h2-9,11H,1H3/b13-9-. The molecule has 0 bridgehead atoms. The van der Waals surface area contributed by atoms with Gasteiger partial charge >= 0.3 is 0 Å². The van der Waals surface area contributed by atoms with E-state index in [1.165, 1.54) is 11.3 Å². The van der Waals surface area contributed by atoms with Crippen molar-refractivity contribution in [3.63, 3.8) is 0 Å². The molecule has 0 unspecified atom stereocenters. The van der Waals surface area contributed by atoms with Gasteiger partial charge in [-0.2, -0.15) is 5.26 Å². The van der Waals surface area contributed by atoms with E-state index in [0.29, 0.717) is 5.57 Å². The fourth-order valence-electron chi connectivity index (χ4n) is 1.95. The number of hydrogen-bond acceptors (Lipinski definition) is 5. The second-order valence-electron chi connectivity index (χ2n) is 4.45. The first-order valence-corrected chi connectivity index (χ1v) is 8.31. The smallest absolute Gasteiger partial charge is 0.134 e. The van der Waals surface area contributed by atoms with Crippen LogP contribution >= 0.6 is 22.7 Å². The van der Waals surface area contributed by atoms with E-state index in [4.69, 9.17) is 4.74 Å². The highest BCUT2D eigenvalue weighted by Crippen LogP contribution is 2.28. The van der Waals surface area contributed by atoms with Crippen LogP contribution < -0.4 is 4.74 Å². The number of benzene rings is 1. The summed E-state index contributed by atoms with van der Waals surface area (Å²) < 4.78 is 5.16. The van der Waals surface area contributed by atoms with Gasteiger partial charge in [0.05, 0.1) is 18.4 Å². The summed E-state index contributed by atoms with van der Waals surface area (Å²) in [6, 6.07) is 13.9. The quantitative estimate of drug-likeness (QED) is 0.638. The van der Waals surface area contributed by atoms with Gasteiger partial charge in [0, 0.05) is 15.8 Å². The highest BCUT2D eigenvalue weighted by molar-refractivity contribution is 7.12. The number of allylic oxidation sites excluding steroid dienone is 1. The summed E-state index contributed by atoms with van der Waals surface area (Å²) in [4.78, 5) is 5.63. The summed E-state index contributed by atoms with van der Waals surface area (Å²) in [7, 11) is 1.64. The number of nitrogens with zero attached hydrogens (tertiary/aromatic N) is 2. The molecule has 3 nitrogen and oxygen atoms in total. The molecule has 0 spiro atoms. The van der Waals surface area contributed by atoms with Gasteiger partial charge in [0.1, 0.15) is 16.8 Å². The highest BCUT2D eigenvalue weighted by Gasteiger charge is 2.09. The third-order valence-corrected chi connectivity index (χ3v) is 4.77. The second kappa shape index (κ2) is 6.56. The van der Waals surface area contributed by atoms with E-state index in [0.717, 1.165) is 26.9 Å². The van der Waals surface area contributed by atoms with Crippen LogP contribution in [-0.4, -0.2) is 12.1 Å². The largest absolute Gasteiger partial charge is 0.497 e. The molecule has 5 heteroatoms. The lowest BCUT2D eigenvalue weighted by Gasteiger charge is -2.00. The number of rotatable bonds is 4. The number of thiazole rings is 1. The first-order chi connectivity index (χ1) is 10.8. The molecule has 108 valence electrons. The zero-order valence-corrected chi connectivity index (χ0v) is 13.4. The van der Waals surface area contributed by atoms with Crippen molar-refractivity contribution in [2.24, 2.45) is 0 Å². The van der Waals surface area contributed by atoms with Crippen molar-refractivity contribution >= 4 is 34.3 Å². The molecule has 0 saturated carbocycles. The van der Waals surface area contributed by atoms with Gasteiger partial charge in [0.15, 0.2) is 0 Å². The van der Waals surface area contributed by atoms with E-state index < -0.39 is 0 Å². The van der Waals surface area contributed by atoms with Gasteiger partial charge in [-0.3, -0.25) is 0 Å². The van der Waals surface area contributed by atoms with Gasteiger partial charge in [-0.1, -0.05) is 6.07 Å². The average molecular weight is 324 g/mol. The summed E-state index contributed by atoms with van der Waals surface area (Å²) in [5.41, 5.74) is 2.47. The second-order valence-corrected chi connectivity index (χ2v) is 6.29. The first-order valence-electron chi connectivity index (χ1n) is 6.56. The highest BCUT2D eigenvalue weighted by atomic mass is 32.1. The van der Waals surface area contributed by atoms with E-state index >= 15 is 0 Å². The van der Waals surface area contributed by atoms with E-state index in [1.54, 1.807) is 18.4 Å². The number of nitriles is 1. The third kappa shape index (κ3) is 3.08. The number of methoxy groups -OCH3 is 1. The molecule has 0 fully saturated rings. The fourth-order valence-corrected chi connectivity index (χ4v) is 3.40. The lowest BCUT2D eigenvalue weighted by molar-refractivity contribution is 0.415. The minimum Gasteiger partial charge on any atom is -0.497 e. The van der Waals surface area contributed by atoms with E-state index in [2.05, 4.69) is 11.1 Å². The predicted molar refractivity (Wildman–Crippen MR) is 91.9 cm³/mol. The van der Waals surface area contributed by atoms with Gasteiger partial charge in [0.2, 0.25) is 0 Å². The normalized spacial score (nSPS) is 11.2. The van der Waals surface area contributed by atoms with Gasteiger partial charge in [0.25, 0.3) is 0 Å². The lowest BCUT2D eigenvalue weighted by atomic mass is 10.1. The third-order valence-electron chi connectivity index (χ3n) is 3.07. The molecular formula is C17H12N2OS2. The van der Waals surface area contributed by atoms with Crippen molar-refractivity contribution in [3.05, 3.63) is 57.0 Å². The van der Waals surface area contributed by atoms with E-state index in [1.807, 2.05) is 53.2 Å². The molecule has 2 heterocycles. The van der Waals surface area contributed by atoms with Gasteiger partial charge in [-0.15, -0.1) is 22.7 Å². The van der Waals surface area contributed by atoms with Crippen LogP contribution in [0.4, 0.5) is 0 Å². The molecule has 0 amide bonds. The van der Waals surface area contributed by atoms with Crippen LogP contribution in [0.25, 0.3) is 22.9 Å². The Labute approximate surface area is 136 Å². The van der Waals surface area contributed by atoms with Crippen molar-refractivity contribution in [1.29, 1.82) is 5.26 Å². The van der Waals surface area contributed by atoms with Crippen LogP contribution in [0.5, 0.6) is 5.75 Å². The minimum absolute atomic E-state index is 0.590. The maximum atomic E-state index is 9.36. The molecule has 0 radical (unpaired) electrons. The molecule has 0 atom stereocenters. The zero-order valence-electron chi connectivity index (χ0n) is 11.8. The van der Waals surface area contributed by atoms with Crippen molar-refractivity contribution < 1.29 is 4.74 Å². The Morgan fingerprint density at radius 3 is 2.68 bits per heavy atom. The van der Waals surface area contributed by atoms with Gasteiger partial charge in [-0.05, 0) is 41.8 Å². The number of thiophene rings is 1. The number of aromatic nitrogens is 1. The Morgan fingerprint density at radius 1 is 1.23 bits per heavy atom. The van der Waals surface area contributed by atoms with Crippen LogP contribution in [0.3, 0.4) is 0 Å². The van der Waals surface area contributed by atoms with Crippen LogP contribution in [0.2, 0.25) is 0 Å².